The van der Waals surface area contributed by atoms with Crippen LogP contribution in [0.15, 0.2) is 18.2 Å². The Labute approximate surface area is 120 Å². The van der Waals surface area contributed by atoms with Gasteiger partial charge in [-0.25, -0.2) is 8.78 Å². The van der Waals surface area contributed by atoms with Crippen LogP contribution in [0, 0.1) is 28.9 Å². The molecule has 1 fully saturated rings. The summed E-state index contributed by atoms with van der Waals surface area (Å²) < 4.78 is 26.8. The van der Waals surface area contributed by atoms with Crippen LogP contribution in [-0.4, -0.2) is 13.1 Å². The zero-order valence-electron chi connectivity index (χ0n) is 12.7. The van der Waals surface area contributed by atoms with E-state index in [4.69, 9.17) is 0 Å². The standard InChI is InChI=1S/C17H25F2N/c1-12(2)10-20-11-17(3,14-5-6-14)9-13-4-7-15(18)8-16(13)19/h4,7-8,12,14,20H,5-6,9-11H2,1-3H3. The largest absolute Gasteiger partial charge is 0.316 e. The van der Waals surface area contributed by atoms with E-state index < -0.39 is 11.6 Å². The van der Waals surface area contributed by atoms with Crippen molar-refractivity contribution in [2.24, 2.45) is 17.3 Å². The molecular formula is C17H25F2N. The molecule has 1 atom stereocenters. The van der Waals surface area contributed by atoms with E-state index in [1.165, 1.54) is 18.9 Å². The van der Waals surface area contributed by atoms with Crippen LogP contribution in [0.4, 0.5) is 8.78 Å². The molecule has 0 heterocycles. The molecule has 0 bridgehead atoms. The lowest BCUT2D eigenvalue weighted by molar-refractivity contribution is 0.249. The quantitative estimate of drug-likeness (QED) is 0.791. The van der Waals surface area contributed by atoms with Crippen molar-refractivity contribution in [1.82, 2.24) is 5.32 Å². The second-order valence-corrected chi connectivity index (χ2v) is 6.87. The van der Waals surface area contributed by atoms with E-state index in [-0.39, 0.29) is 5.41 Å². The summed E-state index contributed by atoms with van der Waals surface area (Å²) in [5.41, 5.74) is 0.695. The number of hydrogen-bond donors (Lipinski definition) is 1. The van der Waals surface area contributed by atoms with E-state index in [2.05, 4.69) is 26.1 Å². The van der Waals surface area contributed by atoms with Crippen LogP contribution in [0.1, 0.15) is 39.2 Å². The lowest BCUT2D eigenvalue weighted by Gasteiger charge is -2.31. The highest BCUT2D eigenvalue weighted by Crippen LogP contribution is 2.47. The zero-order valence-corrected chi connectivity index (χ0v) is 12.7. The lowest BCUT2D eigenvalue weighted by atomic mass is 9.78. The molecule has 0 spiro atoms. The smallest absolute Gasteiger partial charge is 0.129 e. The third-order valence-corrected chi connectivity index (χ3v) is 4.25. The first kappa shape index (κ1) is 15.4. The molecule has 20 heavy (non-hydrogen) atoms. The van der Waals surface area contributed by atoms with Crippen LogP contribution in [0.5, 0.6) is 0 Å². The van der Waals surface area contributed by atoms with E-state index in [0.717, 1.165) is 19.2 Å². The van der Waals surface area contributed by atoms with Crippen molar-refractivity contribution in [3.8, 4) is 0 Å². The van der Waals surface area contributed by atoms with Gasteiger partial charge in [-0.05, 0) is 54.7 Å². The molecule has 1 saturated carbocycles. The predicted molar refractivity (Wildman–Crippen MR) is 78.6 cm³/mol. The number of hydrogen-bond acceptors (Lipinski definition) is 1. The predicted octanol–water partition coefficient (Wildman–Crippen LogP) is 4.17. The monoisotopic (exact) mass is 281 g/mol. The number of halogens is 2. The molecule has 0 saturated heterocycles. The highest BCUT2D eigenvalue weighted by atomic mass is 19.1. The van der Waals surface area contributed by atoms with Gasteiger partial charge in [0.25, 0.3) is 0 Å². The normalized spacial score (nSPS) is 18.3. The minimum Gasteiger partial charge on any atom is -0.316 e. The Kier molecular flexibility index (Phi) is 4.79. The molecule has 1 aromatic carbocycles. The summed E-state index contributed by atoms with van der Waals surface area (Å²) in [6.45, 7) is 8.46. The third kappa shape index (κ3) is 4.02. The van der Waals surface area contributed by atoms with Gasteiger partial charge in [-0.15, -0.1) is 0 Å². The fourth-order valence-electron chi connectivity index (χ4n) is 2.88. The first-order valence-electron chi connectivity index (χ1n) is 7.55. The molecule has 0 amide bonds. The van der Waals surface area contributed by atoms with Gasteiger partial charge in [0.15, 0.2) is 0 Å². The number of nitrogens with one attached hydrogen (secondary N) is 1. The Hall–Kier alpha value is -0.960. The molecule has 2 rings (SSSR count). The fourth-order valence-corrected chi connectivity index (χ4v) is 2.88. The summed E-state index contributed by atoms with van der Waals surface area (Å²) in [6, 6.07) is 3.94. The maximum absolute atomic E-state index is 13.9. The third-order valence-electron chi connectivity index (χ3n) is 4.25. The van der Waals surface area contributed by atoms with Gasteiger partial charge in [-0.2, -0.15) is 0 Å². The molecule has 0 aliphatic heterocycles. The first-order chi connectivity index (χ1) is 9.40. The molecule has 112 valence electrons. The fraction of sp³-hybridized carbons (Fsp3) is 0.647. The van der Waals surface area contributed by atoms with E-state index in [9.17, 15) is 8.78 Å². The van der Waals surface area contributed by atoms with Gasteiger partial charge < -0.3 is 5.32 Å². The number of benzene rings is 1. The van der Waals surface area contributed by atoms with Gasteiger partial charge in [0.05, 0.1) is 0 Å². The van der Waals surface area contributed by atoms with Crippen molar-refractivity contribution < 1.29 is 8.78 Å². The zero-order chi connectivity index (χ0) is 14.8. The van der Waals surface area contributed by atoms with Crippen LogP contribution in [0.25, 0.3) is 0 Å². The van der Waals surface area contributed by atoms with Crippen molar-refractivity contribution in [3.05, 3.63) is 35.4 Å². The Balaban J connectivity index is 2.04. The molecule has 0 aromatic heterocycles. The van der Waals surface area contributed by atoms with Crippen molar-refractivity contribution in [3.63, 3.8) is 0 Å². The first-order valence-corrected chi connectivity index (χ1v) is 7.55. The van der Waals surface area contributed by atoms with Crippen molar-refractivity contribution in [1.29, 1.82) is 0 Å². The Morgan fingerprint density at radius 2 is 2.00 bits per heavy atom. The summed E-state index contributed by atoms with van der Waals surface area (Å²) >= 11 is 0. The molecule has 1 unspecified atom stereocenters. The minimum absolute atomic E-state index is 0.0631. The van der Waals surface area contributed by atoms with Gasteiger partial charge in [-0.1, -0.05) is 26.8 Å². The summed E-state index contributed by atoms with van der Waals surface area (Å²) in [6.07, 6.45) is 3.13. The summed E-state index contributed by atoms with van der Waals surface area (Å²) in [5.74, 6) is 0.352. The maximum Gasteiger partial charge on any atom is 0.129 e. The molecule has 1 N–H and O–H groups in total. The molecular weight excluding hydrogens is 256 g/mol. The van der Waals surface area contributed by atoms with Crippen LogP contribution < -0.4 is 5.32 Å². The summed E-state index contributed by atoms with van der Waals surface area (Å²) in [4.78, 5) is 0. The van der Waals surface area contributed by atoms with E-state index in [0.29, 0.717) is 23.8 Å². The van der Waals surface area contributed by atoms with Crippen LogP contribution in [0.2, 0.25) is 0 Å². The second kappa shape index (κ2) is 6.21. The highest BCUT2D eigenvalue weighted by molar-refractivity contribution is 5.21. The van der Waals surface area contributed by atoms with Gasteiger partial charge in [-0.3, -0.25) is 0 Å². The molecule has 1 aliphatic carbocycles. The summed E-state index contributed by atoms with van der Waals surface area (Å²) in [5, 5.41) is 3.50. The van der Waals surface area contributed by atoms with Crippen LogP contribution >= 0.6 is 0 Å². The van der Waals surface area contributed by atoms with E-state index in [1.807, 2.05) is 0 Å². The van der Waals surface area contributed by atoms with Crippen molar-refractivity contribution in [2.45, 2.75) is 40.0 Å². The second-order valence-electron chi connectivity index (χ2n) is 6.87. The van der Waals surface area contributed by atoms with Crippen LogP contribution in [-0.2, 0) is 6.42 Å². The Morgan fingerprint density at radius 3 is 2.55 bits per heavy atom. The minimum atomic E-state index is -0.502. The maximum atomic E-state index is 13.9. The van der Waals surface area contributed by atoms with E-state index in [1.54, 1.807) is 6.07 Å². The Bertz CT molecular complexity index is 454. The molecule has 1 aliphatic rings. The highest BCUT2D eigenvalue weighted by Gasteiger charge is 2.41. The van der Waals surface area contributed by atoms with Gasteiger partial charge in [0.2, 0.25) is 0 Å². The lowest BCUT2D eigenvalue weighted by Crippen LogP contribution is -2.37. The Morgan fingerprint density at radius 1 is 1.30 bits per heavy atom. The van der Waals surface area contributed by atoms with Crippen molar-refractivity contribution in [2.75, 3.05) is 13.1 Å². The van der Waals surface area contributed by atoms with E-state index >= 15 is 0 Å². The molecule has 0 radical (unpaired) electrons. The molecule has 1 nitrogen and oxygen atoms in total. The molecule has 3 heteroatoms. The van der Waals surface area contributed by atoms with Crippen molar-refractivity contribution >= 4 is 0 Å². The average molecular weight is 281 g/mol. The summed E-state index contributed by atoms with van der Waals surface area (Å²) in [7, 11) is 0. The van der Waals surface area contributed by atoms with Crippen LogP contribution in [0.3, 0.4) is 0 Å². The van der Waals surface area contributed by atoms with Gasteiger partial charge in [0.1, 0.15) is 11.6 Å². The average Bonchev–Trinajstić information content (AvgIpc) is 3.17. The van der Waals surface area contributed by atoms with Gasteiger partial charge >= 0.3 is 0 Å². The molecule has 1 aromatic rings. The number of rotatable bonds is 7. The SMILES string of the molecule is CC(C)CNCC(C)(Cc1ccc(F)cc1F)C1CC1. The topological polar surface area (TPSA) is 12.0 Å². The van der Waals surface area contributed by atoms with Gasteiger partial charge in [0, 0.05) is 12.6 Å².